The maximum Gasteiger partial charge on any atom is 0.314 e. The van der Waals surface area contributed by atoms with Crippen molar-refractivity contribution >= 4 is 6.03 Å². The first-order chi connectivity index (χ1) is 8.92. The van der Waals surface area contributed by atoms with Crippen LogP contribution in [0.4, 0.5) is 4.79 Å². The molecule has 1 unspecified atom stereocenters. The van der Waals surface area contributed by atoms with Gasteiger partial charge in [-0.1, -0.05) is 13.8 Å². The van der Waals surface area contributed by atoms with Gasteiger partial charge in [0.15, 0.2) is 0 Å². The number of amides is 2. The number of aliphatic hydroxyl groups is 1. The SMILES string of the molecule is CC(C)CCCNC(=O)NCC(C)(O)c1ccco1. The summed E-state index contributed by atoms with van der Waals surface area (Å²) in [4.78, 5) is 11.5. The summed E-state index contributed by atoms with van der Waals surface area (Å²) in [5, 5.41) is 15.5. The normalized spacial score (nSPS) is 14.2. The smallest absolute Gasteiger partial charge is 0.314 e. The van der Waals surface area contributed by atoms with Crippen LogP contribution in [0.15, 0.2) is 22.8 Å². The largest absolute Gasteiger partial charge is 0.466 e. The third-order valence-electron chi connectivity index (χ3n) is 2.89. The molecule has 0 bridgehead atoms. The lowest BCUT2D eigenvalue weighted by Gasteiger charge is -2.21. The summed E-state index contributed by atoms with van der Waals surface area (Å²) in [5.41, 5.74) is -1.20. The molecule has 5 heteroatoms. The summed E-state index contributed by atoms with van der Waals surface area (Å²) in [6.07, 6.45) is 3.54. The zero-order valence-electron chi connectivity index (χ0n) is 11.9. The lowest BCUT2D eigenvalue weighted by Crippen LogP contribution is -2.43. The molecule has 0 aliphatic rings. The number of rotatable bonds is 7. The molecule has 1 aromatic heterocycles. The van der Waals surface area contributed by atoms with Gasteiger partial charge in [0.1, 0.15) is 11.4 Å². The Kier molecular flexibility index (Phi) is 5.89. The van der Waals surface area contributed by atoms with Crippen LogP contribution in [0.3, 0.4) is 0 Å². The highest BCUT2D eigenvalue weighted by Gasteiger charge is 2.26. The molecular formula is C14H24N2O3. The van der Waals surface area contributed by atoms with Crippen molar-refractivity contribution in [3.8, 4) is 0 Å². The van der Waals surface area contributed by atoms with Crippen LogP contribution in [-0.2, 0) is 5.60 Å². The minimum Gasteiger partial charge on any atom is -0.466 e. The summed E-state index contributed by atoms with van der Waals surface area (Å²) in [7, 11) is 0. The standard InChI is InChI=1S/C14H24N2O3/c1-11(2)6-4-8-15-13(17)16-10-14(3,18)12-7-5-9-19-12/h5,7,9,11,18H,4,6,8,10H2,1-3H3,(H2,15,16,17). The van der Waals surface area contributed by atoms with Crippen molar-refractivity contribution in [1.29, 1.82) is 0 Å². The highest BCUT2D eigenvalue weighted by atomic mass is 16.4. The van der Waals surface area contributed by atoms with E-state index in [1.165, 1.54) is 6.26 Å². The van der Waals surface area contributed by atoms with Crippen LogP contribution < -0.4 is 10.6 Å². The van der Waals surface area contributed by atoms with Crippen molar-refractivity contribution in [2.45, 2.75) is 39.2 Å². The third-order valence-corrected chi connectivity index (χ3v) is 2.89. The molecule has 1 atom stereocenters. The van der Waals surface area contributed by atoms with Crippen LogP contribution in [-0.4, -0.2) is 24.2 Å². The van der Waals surface area contributed by atoms with Gasteiger partial charge in [0.05, 0.1) is 12.8 Å². The number of carbonyl (C=O) groups excluding carboxylic acids is 1. The molecule has 3 N–H and O–H groups in total. The van der Waals surface area contributed by atoms with Crippen molar-refractivity contribution in [3.05, 3.63) is 24.2 Å². The molecule has 0 radical (unpaired) electrons. The molecule has 108 valence electrons. The maximum atomic E-state index is 11.5. The molecule has 19 heavy (non-hydrogen) atoms. The molecule has 0 aromatic carbocycles. The Morgan fingerprint density at radius 1 is 1.47 bits per heavy atom. The maximum absolute atomic E-state index is 11.5. The molecule has 1 heterocycles. The Morgan fingerprint density at radius 3 is 2.79 bits per heavy atom. The zero-order chi connectivity index (χ0) is 14.3. The molecule has 2 amide bonds. The lowest BCUT2D eigenvalue weighted by molar-refractivity contribution is 0.0367. The van der Waals surface area contributed by atoms with Crippen LogP contribution >= 0.6 is 0 Å². The van der Waals surface area contributed by atoms with E-state index in [9.17, 15) is 9.90 Å². The first-order valence-electron chi connectivity index (χ1n) is 6.70. The fourth-order valence-corrected chi connectivity index (χ4v) is 1.70. The van der Waals surface area contributed by atoms with Gasteiger partial charge in [-0.05, 0) is 37.8 Å². The molecule has 5 nitrogen and oxygen atoms in total. The predicted octanol–water partition coefficient (Wildman–Crippen LogP) is 2.22. The number of hydrogen-bond donors (Lipinski definition) is 3. The van der Waals surface area contributed by atoms with E-state index in [2.05, 4.69) is 24.5 Å². The molecule has 0 saturated heterocycles. The zero-order valence-corrected chi connectivity index (χ0v) is 11.9. The van der Waals surface area contributed by atoms with E-state index in [1.54, 1.807) is 19.1 Å². The minimum absolute atomic E-state index is 0.108. The minimum atomic E-state index is -1.20. The van der Waals surface area contributed by atoms with Crippen LogP contribution in [0.1, 0.15) is 39.4 Å². The van der Waals surface area contributed by atoms with E-state index in [0.29, 0.717) is 18.2 Å². The van der Waals surface area contributed by atoms with Gasteiger partial charge in [-0.25, -0.2) is 4.79 Å². The van der Waals surface area contributed by atoms with E-state index in [0.717, 1.165) is 12.8 Å². The molecule has 0 fully saturated rings. The first kappa shape index (κ1) is 15.6. The van der Waals surface area contributed by atoms with Crippen molar-refractivity contribution in [3.63, 3.8) is 0 Å². The lowest BCUT2D eigenvalue weighted by atomic mass is 10.0. The number of furan rings is 1. The fourth-order valence-electron chi connectivity index (χ4n) is 1.70. The van der Waals surface area contributed by atoms with Gasteiger partial charge in [0, 0.05) is 6.54 Å². The summed E-state index contributed by atoms with van der Waals surface area (Å²) in [5.74, 6) is 1.08. The van der Waals surface area contributed by atoms with Crippen LogP contribution in [0.25, 0.3) is 0 Å². The Labute approximate surface area is 114 Å². The number of urea groups is 1. The van der Waals surface area contributed by atoms with Crippen molar-refractivity contribution in [1.82, 2.24) is 10.6 Å². The molecule has 0 spiro atoms. The Hall–Kier alpha value is -1.49. The molecular weight excluding hydrogens is 244 g/mol. The predicted molar refractivity (Wildman–Crippen MR) is 73.8 cm³/mol. The quantitative estimate of drug-likeness (QED) is 0.664. The van der Waals surface area contributed by atoms with Crippen molar-refractivity contribution < 1.29 is 14.3 Å². The van der Waals surface area contributed by atoms with Crippen LogP contribution in [0, 0.1) is 5.92 Å². The molecule has 0 saturated carbocycles. The fraction of sp³-hybridized carbons (Fsp3) is 0.643. The Balaban J connectivity index is 2.23. The average Bonchev–Trinajstić information content (AvgIpc) is 2.86. The van der Waals surface area contributed by atoms with Gasteiger partial charge >= 0.3 is 6.03 Å². The summed E-state index contributed by atoms with van der Waals surface area (Å²) in [6.45, 7) is 6.66. The number of carbonyl (C=O) groups is 1. The first-order valence-corrected chi connectivity index (χ1v) is 6.70. The second kappa shape index (κ2) is 7.19. The Bertz CT molecular complexity index is 372. The monoisotopic (exact) mass is 268 g/mol. The third kappa shape index (κ3) is 5.79. The second-order valence-corrected chi connectivity index (χ2v) is 5.40. The van der Waals surface area contributed by atoms with E-state index < -0.39 is 5.60 Å². The van der Waals surface area contributed by atoms with Crippen molar-refractivity contribution in [2.75, 3.05) is 13.1 Å². The van der Waals surface area contributed by atoms with Gasteiger partial charge in [-0.15, -0.1) is 0 Å². The highest BCUT2D eigenvalue weighted by molar-refractivity contribution is 5.73. The van der Waals surface area contributed by atoms with Gasteiger partial charge in [-0.2, -0.15) is 0 Å². The molecule has 1 aromatic rings. The Morgan fingerprint density at radius 2 is 2.21 bits per heavy atom. The van der Waals surface area contributed by atoms with Gasteiger partial charge in [-0.3, -0.25) is 0 Å². The average molecular weight is 268 g/mol. The highest BCUT2D eigenvalue weighted by Crippen LogP contribution is 2.19. The van der Waals surface area contributed by atoms with Gasteiger partial charge < -0.3 is 20.2 Å². The molecule has 1 rings (SSSR count). The summed E-state index contributed by atoms with van der Waals surface area (Å²) >= 11 is 0. The van der Waals surface area contributed by atoms with E-state index >= 15 is 0 Å². The van der Waals surface area contributed by atoms with Crippen LogP contribution in [0.2, 0.25) is 0 Å². The number of nitrogens with one attached hydrogen (secondary N) is 2. The second-order valence-electron chi connectivity index (χ2n) is 5.40. The van der Waals surface area contributed by atoms with Gasteiger partial charge in [0.25, 0.3) is 0 Å². The van der Waals surface area contributed by atoms with Crippen molar-refractivity contribution in [2.24, 2.45) is 5.92 Å². The molecule has 0 aliphatic heterocycles. The van der Waals surface area contributed by atoms with E-state index in [4.69, 9.17) is 4.42 Å². The summed E-state index contributed by atoms with van der Waals surface area (Å²) < 4.78 is 5.13. The van der Waals surface area contributed by atoms with Crippen LogP contribution in [0.5, 0.6) is 0 Å². The van der Waals surface area contributed by atoms with Gasteiger partial charge in [0.2, 0.25) is 0 Å². The molecule has 0 aliphatic carbocycles. The topological polar surface area (TPSA) is 74.5 Å². The van der Waals surface area contributed by atoms with E-state index in [-0.39, 0.29) is 12.6 Å². The number of hydrogen-bond acceptors (Lipinski definition) is 3. The summed E-state index contributed by atoms with van der Waals surface area (Å²) in [6, 6.07) is 3.12. The van der Waals surface area contributed by atoms with E-state index in [1.807, 2.05) is 0 Å².